The Morgan fingerprint density at radius 3 is 2.54 bits per heavy atom. The fraction of sp³-hybridized carbons (Fsp3) is 0.111. The van der Waals surface area contributed by atoms with Gasteiger partial charge in [0.15, 0.2) is 17.3 Å². The Kier molecular flexibility index (Phi) is 4.22. The van der Waals surface area contributed by atoms with Gasteiger partial charge in [-0.2, -0.15) is 0 Å². The number of H-pyrrole nitrogens is 1. The van der Waals surface area contributed by atoms with Gasteiger partial charge in [-0.05, 0) is 24.3 Å². The second kappa shape index (κ2) is 6.55. The summed E-state index contributed by atoms with van der Waals surface area (Å²) in [5.41, 5.74) is 3.02. The van der Waals surface area contributed by atoms with Gasteiger partial charge in [-0.15, -0.1) is 0 Å². The van der Waals surface area contributed by atoms with Gasteiger partial charge in [-0.1, -0.05) is 23.2 Å². The zero-order chi connectivity index (χ0) is 18.3. The number of hydrogen-bond donors (Lipinski definition) is 2. The summed E-state index contributed by atoms with van der Waals surface area (Å²) in [6.07, 6.45) is 1.49. The average Bonchev–Trinajstić information content (AvgIpc) is 3.02. The van der Waals surface area contributed by atoms with Crippen molar-refractivity contribution in [3.05, 3.63) is 46.7 Å². The van der Waals surface area contributed by atoms with Crippen molar-refractivity contribution in [3.8, 4) is 11.5 Å². The lowest BCUT2D eigenvalue weighted by molar-refractivity contribution is 0.356. The Morgan fingerprint density at radius 2 is 1.77 bits per heavy atom. The van der Waals surface area contributed by atoms with E-state index in [1.165, 1.54) is 6.33 Å². The van der Waals surface area contributed by atoms with Gasteiger partial charge in [0.25, 0.3) is 0 Å². The number of nitrogens with zero attached hydrogens (tertiary/aromatic N) is 2. The molecule has 2 N–H and O–H groups in total. The first kappa shape index (κ1) is 16.8. The smallest absolute Gasteiger partial charge is 0.162 e. The molecule has 26 heavy (non-hydrogen) atoms. The zero-order valence-electron chi connectivity index (χ0n) is 13.9. The molecule has 0 radical (unpaired) electrons. The van der Waals surface area contributed by atoms with E-state index in [4.69, 9.17) is 32.7 Å². The molecule has 6 nitrogen and oxygen atoms in total. The molecule has 0 amide bonds. The Labute approximate surface area is 159 Å². The second-order valence-corrected chi connectivity index (χ2v) is 6.42. The van der Waals surface area contributed by atoms with Crippen molar-refractivity contribution >= 4 is 56.6 Å². The lowest BCUT2D eigenvalue weighted by Crippen LogP contribution is -1.96. The average molecular weight is 389 g/mol. The van der Waals surface area contributed by atoms with E-state index in [9.17, 15) is 0 Å². The second-order valence-electron chi connectivity index (χ2n) is 5.57. The van der Waals surface area contributed by atoms with E-state index in [2.05, 4.69) is 20.3 Å². The molecule has 0 aliphatic carbocycles. The highest BCUT2D eigenvalue weighted by Gasteiger charge is 2.15. The third kappa shape index (κ3) is 2.77. The Balaban J connectivity index is 1.90. The molecule has 0 unspecified atom stereocenters. The van der Waals surface area contributed by atoms with Crippen molar-refractivity contribution in [2.24, 2.45) is 0 Å². The van der Waals surface area contributed by atoms with Crippen LogP contribution in [0.3, 0.4) is 0 Å². The molecule has 8 heteroatoms. The molecule has 0 aliphatic heterocycles. The van der Waals surface area contributed by atoms with E-state index in [-0.39, 0.29) is 0 Å². The summed E-state index contributed by atoms with van der Waals surface area (Å²) in [6.45, 7) is 0. The van der Waals surface area contributed by atoms with E-state index >= 15 is 0 Å². The number of nitrogens with one attached hydrogen (secondary N) is 2. The fourth-order valence-corrected chi connectivity index (χ4v) is 3.17. The molecule has 0 saturated carbocycles. The standard InChI is InChI=1S/C18H14Cl2N4O2/c1-25-14-6-10-12(7-15(14)26-2)23-17-16(10)21-8-22-18(17)24-13-5-9(19)3-4-11(13)20/h3-8,23H,1-2H3,(H,21,22,24). The molecule has 0 fully saturated rings. The summed E-state index contributed by atoms with van der Waals surface area (Å²) < 4.78 is 10.8. The maximum atomic E-state index is 6.25. The van der Waals surface area contributed by atoms with Crippen LogP contribution in [0.25, 0.3) is 21.9 Å². The predicted octanol–water partition coefficient (Wildman–Crippen LogP) is 5.18. The molecule has 0 saturated heterocycles. The van der Waals surface area contributed by atoms with Crippen LogP contribution in [0.5, 0.6) is 11.5 Å². The molecular formula is C18H14Cl2N4O2. The molecule has 0 bridgehead atoms. The van der Waals surface area contributed by atoms with Crippen LogP contribution in [0.1, 0.15) is 0 Å². The molecule has 0 spiro atoms. The topological polar surface area (TPSA) is 72.1 Å². The number of methoxy groups -OCH3 is 2. The summed E-state index contributed by atoms with van der Waals surface area (Å²) in [6, 6.07) is 8.95. The summed E-state index contributed by atoms with van der Waals surface area (Å²) in [5.74, 6) is 1.85. The van der Waals surface area contributed by atoms with Gasteiger partial charge in [0.2, 0.25) is 0 Å². The summed E-state index contributed by atoms with van der Waals surface area (Å²) in [4.78, 5) is 12.1. The first-order chi connectivity index (χ1) is 12.6. The molecule has 0 atom stereocenters. The van der Waals surface area contributed by atoms with E-state index in [1.54, 1.807) is 32.4 Å². The molecular weight excluding hydrogens is 375 g/mol. The highest BCUT2D eigenvalue weighted by atomic mass is 35.5. The lowest BCUT2D eigenvalue weighted by Gasteiger charge is -2.08. The van der Waals surface area contributed by atoms with Crippen LogP contribution in [-0.4, -0.2) is 29.2 Å². The lowest BCUT2D eigenvalue weighted by atomic mass is 10.2. The van der Waals surface area contributed by atoms with Gasteiger partial charge in [0.05, 0.1) is 30.4 Å². The SMILES string of the molecule is COc1cc2[nH]c3c(Nc4cc(Cl)ccc4Cl)ncnc3c2cc1OC. The Morgan fingerprint density at radius 1 is 1.00 bits per heavy atom. The maximum Gasteiger partial charge on any atom is 0.162 e. The minimum Gasteiger partial charge on any atom is -0.493 e. The fourth-order valence-electron chi connectivity index (χ4n) is 2.84. The third-order valence-corrected chi connectivity index (χ3v) is 4.63. The van der Waals surface area contributed by atoms with Gasteiger partial charge in [0.1, 0.15) is 17.4 Å². The number of aromatic amines is 1. The predicted molar refractivity (Wildman–Crippen MR) is 104 cm³/mol. The minimum absolute atomic E-state index is 0.542. The number of hydrogen-bond acceptors (Lipinski definition) is 5. The quantitative estimate of drug-likeness (QED) is 0.503. The van der Waals surface area contributed by atoms with Crippen LogP contribution < -0.4 is 14.8 Å². The first-order valence-electron chi connectivity index (χ1n) is 7.71. The molecule has 2 aromatic heterocycles. The van der Waals surface area contributed by atoms with Crippen molar-refractivity contribution in [2.75, 3.05) is 19.5 Å². The van der Waals surface area contributed by atoms with Crippen LogP contribution in [0, 0.1) is 0 Å². The molecule has 4 aromatic rings. The number of benzene rings is 2. The molecule has 4 rings (SSSR count). The van der Waals surface area contributed by atoms with Crippen LogP contribution in [0.2, 0.25) is 10.0 Å². The van der Waals surface area contributed by atoms with Crippen molar-refractivity contribution in [1.29, 1.82) is 0 Å². The first-order valence-corrected chi connectivity index (χ1v) is 8.46. The highest BCUT2D eigenvalue weighted by Crippen LogP contribution is 2.37. The van der Waals surface area contributed by atoms with Gasteiger partial charge < -0.3 is 19.8 Å². The van der Waals surface area contributed by atoms with E-state index in [0.717, 1.165) is 21.9 Å². The molecule has 2 aromatic carbocycles. The van der Waals surface area contributed by atoms with Gasteiger partial charge >= 0.3 is 0 Å². The number of rotatable bonds is 4. The monoisotopic (exact) mass is 388 g/mol. The van der Waals surface area contributed by atoms with Gasteiger partial charge in [-0.3, -0.25) is 0 Å². The number of aromatic nitrogens is 3. The van der Waals surface area contributed by atoms with E-state index in [1.807, 2.05) is 12.1 Å². The Hall–Kier alpha value is -2.70. The normalized spacial score (nSPS) is 11.1. The van der Waals surface area contributed by atoms with Crippen LogP contribution in [-0.2, 0) is 0 Å². The molecule has 132 valence electrons. The largest absolute Gasteiger partial charge is 0.493 e. The van der Waals surface area contributed by atoms with Crippen molar-refractivity contribution in [3.63, 3.8) is 0 Å². The maximum absolute atomic E-state index is 6.25. The van der Waals surface area contributed by atoms with Crippen LogP contribution >= 0.6 is 23.2 Å². The van der Waals surface area contributed by atoms with Crippen LogP contribution in [0.15, 0.2) is 36.7 Å². The third-order valence-electron chi connectivity index (χ3n) is 4.07. The van der Waals surface area contributed by atoms with Crippen molar-refractivity contribution in [1.82, 2.24) is 15.0 Å². The van der Waals surface area contributed by atoms with E-state index in [0.29, 0.717) is 33.0 Å². The highest BCUT2D eigenvalue weighted by molar-refractivity contribution is 6.35. The molecule has 2 heterocycles. The summed E-state index contributed by atoms with van der Waals surface area (Å²) in [5, 5.41) is 5.24. The Bertz CT molecular complexity index is 1130. The zero-order valence-corrected chi connectivity index (χ0v) is 15.4. The number of anilines is 2. The van der Waals surface area contributed by atoms with Gasteiger partial charge in [-0.25, -0.2) is 9.97 Å². The van der Waals surface area contributed by atoms with E-state index < -0.39 is 0 Å². The number of ether oxygens (including phenoxy) is 2. The van der Waals surface area contributed by atoms with Gasteiger partial charge in [0, 0.05) is 16.5 Å². The van der Waals surface area contributed by atoms with Crippen LogP contribution in [0.4, 0.5) is 11.5 Å². The van der Waals surface area contributed by atoms with Crippen molar-refractivity contribution in [2.45, 2.75) is 0 Å². The summed E-state index contributed by atoms with van der Waals surface area (Å²) in [7, 11) is 3.20. The minimum atomic E-state index is 0.542. The number of halogens is 2. The van der Waals surface area contributed by atoms with Crippen molar-refractivity contribution < 1.29 is 9.47 Å². The molecule has 0 aliphatic rings. The number of fused-ring (bicyclic) bond motifs is 3. The summed E-state index contributed by atoms with van der Waals surface area (Å²) >= 11 is 12.3.